The highest BCUT2D eigenvalue weighted by molar-refractivity contribution is 6.32. The summed E-state index contributed by atoms with van der Waals surface area (Å²) in [5.74, 6) is -0.191. The van der Waals surface area contributed by atoms with Crippen LogP contribution in [0.5, 0.6) is 0 Å². The van der Waals surface area contributed by atoms with E-state index in [1.165, 1.54) is 0 Å². The topological polar surface area (TPSA) is 34.1 Å². The molecule has 0 amide bonds. The molecule has 1 aliphatic carbocycles. The van der Waals surface area contributed by atoms with Crippen molar-refractivity contribution in [2.45, 2.75) is 0 Å². The van der Waals surface area contributed by atoms with Gasteiger partial charge < -0.3 is 0 Å². The largest absolute Gasteiger partial charge is 0.289 e. The lowest BCUT2D eigenvalue weighted by molar-refractivity contribution is 0.0980. The Morgan fingerprint density at radius 1 is 0.357 bits per heavy atom. The van der Waals surface area contributed by atoms with Crippen molar-refractivity contribution < 1.29 is 9.59 Å². The molecule has 4 aromatic rings. The van der Waals surface area contributed by atoms with E-state index in [0.717, 1.165) is 22.3 Å². The van der Waals surface area contributed by atoms with Gasteiger partial charge in [0.2, 0.25) is 0 Å². The number of fused-ring (bicyclic) bond motifs is 2. The maximum absolute atomic E-state index is 13.7. The summed E-state index contributed by atoms with van der Waals surface area (Å²) >= 11 is 0. The molecular weight excluding hydrogens is 344 g/mol. The van der Waals surface area contributed by atoms with Gasteiger partial charge in [-0.2, -0.15) is 0 Å². The zero-order valence-corrected chi connectivity index (χ0v) is 15.1. The summed E-state index contributed by atoms with van der Waals surface area (Å²) in [4.78, 5) is 27.0. The minimum atomic E-state index is -0.0971. The van der Waals surface area contributed by atoms with Crippen LogP contribution in [0.15, 0.2) is 97.1 Å². The Morgan fingerprint density at radius 3 is 1.18 bits per heavy atom. The van der Waals surface area contributed by atoms with Crippen LogP contribution in [0.3, 0.4) is 0 Å². The van der Waals surface area contributed by atoms with E-state index in [-0.39, 0.29) is 11.6 Å². The third-order valence-electron chi connectivity index (χ3n) is 5.24. The van der Waals surface area contributed by atoms with Gasteiger partial charge in [0.15, 0.2) is 11.6 Å². The van der Waals surface area contributed by atoms with Crippen molar-refractivity contribution in [2.75, 3.05) is 0 Å². The number of ketones is 2. The third kappa shape index (κ3) is 2.43. The maximum Gasteiger partial charge on any atom is 0.195 e. The van der Waals surface area contributed by atoms with Gasteiger partial charge in [-0.3, -0.25) is 9.59 Å². The van der Waals surface area contributed by atoms with E-state index in [1.54, 1.807) is 12.1 Å². The summed E-state index contributed by atoms with van der Waals surface area (Å²) in [5.41, 5.74) is 5.40. The third-order valence-corrected chi connectivity index (χ3v) is 5.24. The van der Waals surface area contributed by atoms with Gasteiger partial charge in [-0.15, -0.1) is 0 Å². The molecule has 132 valence electrons. The van der Waals surface area contributed by atoms with E-state index in [1.807, 2.05) is 84.9 Å². The fraction of sp³-hybridized carbons (Fsp3) is 0. The van der Waals surface area contributed by atoms with Crippen LogP contribution >= 0.6 is 0 Å². The summed E-state index contributed by atoms with van der Waals surface area (Å²) in [6, 6.07) is 30.5. The number of carbonyl (C=O) groups excluding carboxylic acids is 2. The van der Waals surface area contributed by atoms with Gasteiger partial charge in [0.25, 0.3) is 0 Å². The van der Waals surface area contributed by atoms with Crippen molar-refractivity contribution in [1.29, 1.82) is 0 Å². The first-order chi connectivity index (χ1) is 13.8. The molecule has 0 saturated heterocycles. The molecule has 0 unspecified atom stereocenters. The molecule has 0 bridgehead atoms. The van der Waals surface area contributed by atoms with Crippen molar-refractivity contribution in [3.8, 4) is 22.3 Å². The number of benzene rings is 4. The predicted octanol–water partition coefficient (Wildman–Crippen LogP) is 5.80. The number of hydrogen-bond acceptors (Lipinski definition) is 2. The molecule has 4 aromatic carbocycles. The second-order valence-corrected chi connectivity index (χ2v) is 6.85. The zero-order chi connectivity index (χ0) is 19.1. The molecule has 0 atom stereocenters. The van der Waals surface area contributed by atoms with Gasteiger partial charge in [0, 0.05) is 22.3 Å². The highest BCUT2D eigenvalue weighted by Gasteiger charge is 2.33. The summed E-state index contributed by atoms with van der Waals surface area (Å²) in [7, 11) is 0. The molecule has 0 radical (unpaired) electrons. The van der Waals surface area contributed by atoms with Gasteiger partial charge >= 0.3 is 0 Å². The number of hydrogen-bond donors (Lipinski definition) is 0. The Balaban J connectivity index is 1.79. The molecule has 0 heterocycles. The van der Waals surface area contributed by atoms with Crippen molar-refractivity contribution in [3.63, 3.8) is 0 Å². The molecule has 2 heteroatoms. The number of carbonyl (C=O) groups is 2. The molecular formula is C26H16O2. The van der Waals surface area contributed by atoms with Crippen LogP contribution in [0.2, 0.25) is 0 Å². The molecule has 2 nitrogen and oxygen atoms in total. The Hall–Kier alpha value is -3.78. The molecule has 0 fully saturated rings. The van der Waals surface area contributed by atoms with E-state index < -0.39 is 0 Å². The van der Waals surface area contributed by atoms with Gasteiger partial charge in [-0.25, -0.2) is 0 Å². The minimum Gasteiger partial charge on any atom is -0.289 e. The average Bonchev–Trinajstić information content (AvgIpc) is 2.77. The molecule has 0 N–H and O–H groups in total. The van der Waals surface area contributed by atoms with Gasteiger partial charge in [-0.1, -0.05) is 97.1 Å². The van der Waals surface area contributed by atoms with E-state index in [2.05, 4.69) is 0 Å². The normalized spacial score (nSPS) is 12.4. The lowest BCUT2D eigenvalue weighted by Crippen LogP contribution is -2.22. The first-order valence-electron chi connectivity index (χ1n) is 9.22. The summed E-state index contributed by atoms with van der Waals surface area (Å²) in [5, 5.41) is 0. The van der Waals surface area contributed by atoms with E-state index in [0.29, 0.717) is 22.3 Å². The lowest BCUT2D eigenvalue weighted by Gasteiger charge is -2.22. The van der Waals surface area contributed by atoms with E-state index in [4.69, 9.17) is 0 Å². The lowest BCUT2D eigenvalue weighted by atomic mass is 9.78. The smallest absolute Gasteiger partial charge is 0.195 e. The average molecular weight is 360 g/mol. The molecule has 5 rings (SSSR count). The summed E-state index contributed by atoms with van der Waals surface area (Å²) in [6.45, 7) is 0. The van der Waals surface area contributed by atoms with Crippen LogP contribution in [-0.4, -0.2) is 11.6 Å². The molecule has 1 aliphatic rings. The van der Waals surface area contributed by atoms with Crippen molar-refractivity contribution in [3.05, 3.63) is 119 Å². The molecule has 0 aromatic heterocycles. The van der Waals surface area contributed by atoms with Crippen molar-refractivity contribution >= 4 is 11.6 Å². The predicted molar refractivity (Wildman–Crippen MR) is 111 cm³/mol. The summed E-state index contributed by atoms with van der Waals surface area (Å²) < 4.78 is 0. The zero-order valence-electron chi connectivity index (χ0n) is 15.1. The van der Waals surface area contributed by atoms with Crippen LogP contribution in [-0.2, 0) is 0 Å². The van der Waals surface area contributed by atoms with Crippen molar-refractivity contribution in [1.82, 2.24) is 0 Å². The van der Waals surface area contributed by atoms with Crippen LogP contribution in [0, 0.1) is 0 Å². The fourth-order valence-corrected chi connectivity index (χ4v) is 3.96. The number of rotatable bonds is 2. The second-order valence-electron chi connectivity index (χ2n) is 6.85. The fourth-order valence-electron chi connectivity index (χ4n) is 3.96. The monoisotopic (exact) mass is 360 g/mol. The Kier molecular flexibility index (Phi) is 3.77. The quantitative estimate of drug-likeness (QED) is 0.399. The van der Waals surface area contributed by atoms with Crippen LogP contribution in [0.25, 0.3) is 22.3 Å². The summed E-state index contributed by atoms with van der Waals surface area (Å²) in [6.07, 6.45) is 0. The highest BCUT2D eigenvalue weighted by atomic mass is 16.1. The first kappa shape index (κ1) is 16.4. The molecule has 0 spiro atoms. The van der Waals surface area contributed by atoms with E-state index in [9.17, 15) is 9.59 Å². The Morgan fingerprint density at radius 2 is 0.750 bits per heavy atom. The Bertz CT molecular complexity index is 1130. The molecule has 0 saturated carbocycles. The SMILES string of the molecule is O=C1c2cccc(-c3ccccc3)c2C(=O)c2c1cccc2-c1ccccc1. The Labute approximate surface area is 163 Å². The highest BCUT2D eigenvalue weighted by Crippen LogP contribution is 2.38. The van der Waals surface area contributed by atoms with Crippen LogP contribution < -0.4 is 0 Å². The van der Waals surface area contributed by atoms with Gasteiger partial charge in [0.1, 0.15) is 0 Å². The maximum atomic E-state index is 13.7. The standard InChI is InChI=1S/C26H16O2/c27-25-21-15-7-13-19(17-9-3-1-4-10-17)23(21)26(28)24-20(14-8-16-22(24)25)18-11-5-2-6-12-18/h1-16H. The van der Waals surface area contributed by atoms with E-state index >= 15 is 0 Å². The van der Waals surface area contributed by atoms with Crippen LogP contribution in [0.1, 0.15) is 31.8 Å². The first-order valence-corrected chi connectivity index (χ1v) is 9.22. The van der Waals surface area contributed by atoms with Gasteiger partial charge in [0.05, 0.1) is 0 Å². The molecule has 0 aliphatic heterocycles. The van der Waals surface area contributed by atoms with Crippen LogP contribution in [0.4, 0.5) is 0 Å². The van der Waals surface area contributed by atoms with Crippen molar-refractivity contribution in [2.24, 2.45) is 0 Å². The minimum absolute atomic E-state index is 0.0940. The van der Waals surface area contributed by atoms with Gasteiger partial charge in [-0.05, 0) is 22.3 Å². The second kappa shape index (κ2) is 6.43. The molecule has 28 heavy (non-hydrogen) atoms.